The van der Waals surface area contributed by atoms with E-state index in [2.05, 4.69) is 10.6 Å². The molecule has 1 aliphatic rings. The number of carbonyl (C=O) groups excluding carboxylic acids is 1. The van der Waals surface area contributed by atoms with Gasteiger partial charge in [0.1, 0.15) is 0 Å². The molecule has 0 radical (unpaired) electrons. The number of hydrogen-bond acceptors (Lipinski definition) is 4. The molecule has 0 unspecified atom stereocenters. The number of terminal acetylenes is 1. The Morgan fingerprint density at radius 2 is 2.13 bits per heavy atom. The van der Waals surface area contributed by atoms with Crippen molar-refractivity contribution < 1.29 is 17.9 Å². The number of methoxy groups -OCH3 is 1. The summed E-state index contributed by atoms with van der Waals surface area (Å²) in [5, 5.41) is 0. The third-order valence-electron chi connectivity index (χ3n) is 3.82. The van der Waals surface area contributed by atoms with Crippen molar-refractivity contribution in [1.29, 1.82) is 0 Å². The Kier molecular flexibility index (Phi) is 5.77. The van der Waals surface area contributed by atoms with Gasteiger partial charge in [0.05, 0.1) is 17.5 Å². The van der Waals surface area contributed by atoms with Crippen molar-refractivity contribution in [3.05, 3.63) is 29.8 Å². The molecule has 124 valence electrons. The van der Waals surface area contributed by atoms with E-state index in [1.807, 2.05) is 0 Å². The normalized spacial score (nSPS) is 16.1. The van der Waals surface area contributed by atoms with Gasteiger partial charge in [0.25, 0.3) is 5.91 Å². The molecule has 0 saturated carbocycles. The summed E-state index contributed by atoms with van der Waals surface area (Å²) in [5.41, 5.74) is 0.351. The fraction of sp³-hybridized carbons (Fsp3) is 0.438. The van der Waals surface area contributed by atoms with Gasteiger partial charge >= 0.3 is 0 Å². The van der Waals surface area contributed by atoms with Crippen molar-refractivity contribution in [3.8, 4) is 12.3 Å². The van der Waals surface area contributed by atoms with E-state index in [-0.39, 0.29) is 23.5 Å². The van der Waals surface area contributed by atoms with E-state index in [9.17, 15) is 13.2 Å². The molecule has 23 heavy (non-hydrogen) atoms. The van der Waals surface area contributed by atoms with Crippen LogP contribution in [0, 0.1) is 12.3 Å². The molecular formula is C16H20N2O4S. The summed E-state index contributed by atoms with van der Waals surface area (Å²) < 4.78 is 31.7. The first-order valence-electron chi connectivity index (χ1n) is 7.33. The van der Waals surface area contributed by atoms with Crippen LogP contribution in [0.5, 0.6) is 0 Å². The molecule has 0 spiro atoms. The molecule has 7 heteroatoms. The highest BCUT2D eigenvalue weighted by Gasteiger charge is 2.24. The minimum absolute atomic E-state index is 0.0328. The Bertz CT molecular complexity index is 701. The zero-order valence-corrected chi connectivity index (χ0v) is 13.8. The summed E-state index contributed by atoms with van der Waals surface area (Å²) in [6.45, 7) is 1.11. The zero-order valence-electron chi connectivity index (χ0n) is 13.0. The molecule has 2 rings (SSSR count). The van der Waals surface area contributed by atoms with Gasteiger partial charge in [-0.3, -0.25) is 4.79 Å². The SMILES string of the molecule is C#CCNS(=O)(=O)c1cccc(C(=O)N2CCC(OC)CC2)c1. The van der Waals surface area contributed by atoms with E-state index in [4.69, 9.17) is 11.2 Å². The van der Waals surface area contributed by atoms with Gasteiger partial charge < -0.3 is 9.64 Å². The summed E-state index contributed by atoms with van der Waals surface area (Å²) in [4.78, 5) is 14.3. The second-order valence-electron chi connectivity index (χ2n) is 5.28. The number of hydrogen-bond donors (Lipinski definition) is 1. The minimum atomic E-state index is -3.71. The average Bonchev–Trinajstić information content (AvgIpc) is 2.59. The molecule has 0 bridgehead atoms. The fourth-order valence-electron chi connectivity index (χ4n) is 2.49. The molecule has 1 heterocycles. The summed E-state index contributed by atoms with van der Waals surface area (Å²) in [7, 11) is -2.04. The predicted molar refractivity (Wildman–Crippen MR) is 86.4 cm³/mol. The molecule has 0 aliphatic carbocycles. The van der Waals surface area contributed by atoms with E-state index in [0.717, 1.165) is 12.8 Å². The van der Waals surface area contributed by atoms with Crippen LogP contribution in [0.2, 0.25) is 0 Å². The highest BCUT2D eigenvalue weighted by atomic mass is 32.2. The molecule has 6 nitrogen and oxygen atoms in total. The molecule has 1 aromatic rings. The Balaban J connectivity index is 2.14. The van der Waals surface area contributed by atoms with Crippen LogP contribution in [0.3, 0.4) is 0 Å². The summed E-state index contributed by atoms with van der Waals surface area (Å²) >= 11 is 0. The van der Waals surface area contributed by atoms with Gasteiger partial charge in [-0.15, -0.1) is 6.42 Å². The zero-order chi connectivity index (χ0) is 16.9. The molecule has 0 aromatic heterocycles. The first kappa shape index (κ1) is 17.5. The number of carbonyl (C=O) groups is 1. The van der Waals surface area contributed by atoms with Crippen molar-refractivity contribution >= 4 is 15.9 Å². The van der Waals surface area contributed by atoms with Crippen LogP contribution in [0.15, 0.2) is 29.2 Å². The van der Waals surface area contributed by atoms with Crippen molar-refractivity contribution in [2.24, 2.45) is 0 Å². The average molecular weight is 336 g/mol. The van der Waals surface area contributed by atoms with Crippen LogP contribution in [0.4, 0.5) is 0 Å². The Morgan fingerprint density at radius 3 is 2.74 bits per heavy atom. The van der Waals surface area contributed by atoms with Gasteiger partial charge in [-0.25, -0.2) is 8.42 Å². The second kappa shape index (κ2) is 7.59. The molecule has 1 saturated heterocycles. The number of ether oxygens (including phenoxy) is 1. The second-order valence-corrected chi connectivity index (χ2v) is 7.05. The van der Waals surface area contributed by atoms with Crippen molar-refractivity contribution in [2.75, 3.05) is 26.7 Å². The standard InChI is InChI=1S/C16H20N2O4S/c1-3-9-17-23(20,21)15-6-4-5-13(12-15)16(19)18-10-7-14(22-2)8-11-18/h1,4-6,12,14,17H,7-11H2,2H3. The van der Waals surface area contributed by atoms with Gasteiger partial charge in [0.15, 0.2) is 0 Å². The number of amides is 1. The van der Waals surface area contributed by atoms with Gasteiger partial charge in [0.2, 0.25) is 10.0 Å². The number of rotatable bonds is 5. The van der Waals surface area contributed by atoms with Crippen LogP contribution < -0.4 is 4.72 Å². The number of benzene rings is 1. The number of nitrogens with zero attached hydrogens (tertiary/aromatic N) is 1. The monoisotopic (exact) mass is 336 g/mol. The van der Waals surface area contributed by atoms with Crippen LogP contribution >= 0.6 is 0 Å². The molecule has 1 aliphatic heterocycles. The maximum Gasteiger partial charge on any atom is 0.253 e. The molecule has 1 amide bonds. The van der Waals surface area contributed by atoms with Gasteiger partial charge in [0, 0.05) is 25.8 Å². The fourth-order valence-corrected chi connectivity index (χ4v) is 3.47. The van der Waals surface area contributed by atoms with E-state index in [0.29, 0.717) is 18.7 Å². The number of nitrogens with one attached hydrogen (secondary N) is 1. The van der Waals surface area contributed by atoms with Crippen LogP contribution in [0.1, 0.15) is 23.2 Å². The maximum absolute atomic E-state index is 12.5. The van der Waals surface area contributed by atoms with Crippen molar-refractivity contribution in [3.63, 3.8) is 0 Å². The molecule has 1 fully saturated rings. The minimum Gasteiger partial charge on any atom is -0.381 e. The largest absolute Gasteiger partial charge is 0.381 e. The first-order chi connectivity index (χ1) is 11.0. The lowest BCUT2D eigenvalue weighted by molar-refractivity contribution is 0.0350. The lowest BCUT2D eigenvalue weighted by Gasteiger charge is -2.31. The van der Waals surface area contributed by atoms with E-state index >= 15 is 0 Å². The van der Waals surface area contributed by atoms with E-state index < -0.39 is 10.0 Å². The molecule has 0 atom stereocenters. The maximum atomic E-state index is 12.5. The smallest absolute Gasteiger partial charge is 0.253 e. The molecular weight excluding hydrogens is 316 g/mol. The van der Waals surface area contributed by atoms with Crippen LogP contribution in [-0.2, 0) is 14.8 Å². The number of likely N-dealkylation sites (tertiary alicyclic amines) is 1. The summed E-state index contributed by atoms with van der Waals surface area (Å²) in [5.74, 6) is 2.04. The number of sulfonamides is 1. The van der Waals surface area contributed by atoms with Crippen molar-refractivity contribution in [1.82, 2.24) is 9.62 Å². The Hall–Kier alpha value is -1.88. The highest BCUT2D eigenvalue weighted by Crippen LogP contribution is 2.18. The van der Waals surface area contributed by atoms with Crippen molar-refractivity contribution in [2.45, 2.75) is 23.8 Å². The Morgan fingerprint density at radius 1 is 1.43 bits per heavy atom. The molecule has 1 aromatic carbocycles. The van der Waals surface area contributed by atoms with Crippen LogP contribution in [0.25, 0.3) is 0 Å². The van der Waals surface area contributed by atoms with Gasteiger partial charge in [-0.1, -0.05) is 12.0 Å². The third kappa shape index (κ3) is 4.32. The van der Waals surface area contributed by atoms with Crippen LogP contribution in [-0.4, -0.2) is 52.1 Å². The van der Waals surface area contributed by atoms with E-state index in [1.54, 1.807) is 24.1 Å². The predicted octanol–water partition coefficient (Wildman–Crippen LogP) is 0.849. The lowest BCUT2D eigenvalue weighted by Crippen LogP contribution is -2.40. The topological polar surface area (TPSA) is 75.7 Å². The quantitative estimate of drug-likeness (QED) is 0.809. The highest BCUT2D eigenvalue weighted by molar-refractivity contribution is 7.89. The third-order valence-corrected chi connectivity index (χ3v) is 5.22. The van der Waals surface area contributed by atoms with Gasteiger partial charge in [-0.05, 0) is 31.0 Å². The first-order valence-corrected chi connectivity index (χ1v) is 8.81. The van der Waals surface area contributed by atoms with E-state index in [1.165, 1.54) is 12.1 Å². The number of piperidine rings is 1. The Labute approximate surface area is 136 Å². The molecule has 1 N–H and O–H groups in total. The lowest BCUT2D eigenvalue weighted by atomic mass is 10.1. The summed E-state index contributed by atoms with van der Waals surface area (Å²) in [6.07, 6.45) is 6.81. The summed E-state index contributed by atoms with van der Waals surface area (Å²) in [6, 6.07) is 5.99. The van der Waals surface area contributed by atoms with Gasteiger partial charge in [-0.2, -0.15) is 4.72 Å².